The molecule has 4 heteroatoms. The van der Waals surface area contributed by atoms with Crippen molar-refractivity contribution in [2.24, 2.45) is 0 Å². The van der Waals surface area contributed by atoms with E-state index in [1.54, 1.807) is 24.5 Å². The van der Waals surface area contributed by atoms with E-state index in [9.17, 15) is 8.78 Å². The van der Waals surface area contributed by atoms with Crippen LogP contribution in [0, 0.1) is 11.6 Å². The Morgan fingerprint density at radius 2 is 1.75 bits per heavy atom. The Morgan fingerprint density at radius 3 is 2.44 bits per heavy atom. The van der Waals surface area contributed by atoms with Gasteiger partial charge in [0.1, 0.15) is 11.6 Å². The molecule has 1 aromatic carbocycles. The first-order valence-corrected chi connectivity index (χ1v) is 5.11. The third kappa shape index (κ3) is 2.19. The topological polar surface area (TPSA) is 12.9 Å². The van der Waals surface area contributed by atoms with Crippen LogP contribution in [0.5, 0.6) is 0 Å². The number of hydrogen-bond donors (Lipinski definition) is 0. The van der Waals surface area contributed by atoms with E-state index in [2.05, 4.69) is 4.98 Å². The first-order chi connectivity index (χ1) is 7.68. The minimum Gasteiger partial charge on any atom is -0.265 e. The van der Waals surface area contributed by atoms with E-state index < -0.39 is 17.0 Å². The third-order valence-corrected chi connectivity index (χ3v) is 2.72. The van der Waals surface area contributed by atoms with Gasteiger partial charge in [-0.1, -0.05) is 0 Å². The molecule has 0 fully saturated rings. The van der Waals surface area contributed by atoms with Crippen LogP contribution < -0.4 is 0 Å². The van der Waals surface area contributed by atoms with Crippen LogP contribution >= 0.6 is 11.6 Å². The van der Waals surface area contributed by atoms with E-state index in [1.807, 2.05) is 0 Å². The average molecular weight is 240 g/mol. The van der Waals surface area contributed by atoms with E-state index in [4.69, 9.17) is 11.6 Å². The van der Waals surface area contributed by atoms with Crippen molar-refractivity contribution in [2.45, 2.75) is 5.38 Å². The van der Waals surface area contributed by atoms with Gasteiger partial charge in [-0.15, -0.1) is 11.6 Å². The van der Waals surface area contributed by atoms with E-state index >= 15 is 0 Å². The van der Waals surface area contributed by atoms with E-state index in [-0.39, 0.29) is 5.56 Å². The number of halogens is 3. The van der Waals surface area contributed by atoms with Gasteiger partial charge in [-0.2, -0.15) is 0 Å². The summed E-state index contributed by atoms with van der Waals surface area (Å²) in [6, 6.07) is 6.58. The first kappa shape index (κ1) is 11.0. The van der Waals surface area contributed by atoms with Gasteiger partial charge >= 0.3 is 0 Å². The van der Waals surface area contributed by atoms with Gasteiger partial charge in [-0.05, 0) is 35.9 Å². The summed E-state index contributed by atoms with van der Waals surface area (Å²) >= 11 is 6.07. The number of hydrogen-bond acceptors (Lipinski definition) is 1. The maximum absolute atomic E-state index is 13.4. The molecule has 1 unspecified atom stereocenters. The van der Waals surface area contributed by atoms with Crippen LogP contribution in [0.15, 0.2) is 42.7 Å². The lowest BCUT2D eigenvalue weighted by Crippen LogP contribution is -1.98. The fraction of sp³-hybridized carbons (Fsp3) is 0.0833. The van der Waals surface area contributed by atoms with Crippen LogP contribution in [0.2, 0.25) is 0 Å². The van der Waals surface area contributed by atoms with E-state index in [0.29, 0.717) is 5.56 Å². The summed E-state index contributed by atoms with van der Waals surface area (Å²) in [4.78, 5) is 3.83. The molecule has 0 aliphatic carbocycles. The molecule has 0 spiro atoms. The van der Waals surface area contributed by atoms with Gasteiger partial charge in [0.25, 0.3) is 0 Å². The number of aromatic nitrogens is 1. The molecule has 0 aliphatic rings. The summed E-state index contributed by atoms with van der Waals surface area (Å²) in [6.07, 6.45) is 3.11. The lowest BCUT2D eigenvalue weighted by atomic mass is 10.0. The van der Waals surface area contributed by atoms with Crippen LogP contribution in [-0.2, 0) is 0 Å². The number of benzene rings is 1. The molecule has 82 valence electrons. The summed E-state index contributed by atoms with van der Waals surface area (Å²) in [7, 11) is 0. The maximum atomic E-state index is 13.4. The van der Waals surface area contributed by atoms with Crippen molar-refractivity contribution in [3.05, 3.63) is 65.5 Å². The van der Waals surface area contributed by atoms with Gasteiger partial charge < -0.3 is 0 Å². The highest BCUT2D eigenvalue weighted by molar-refractivity contribution is 6.22. The Morgan fingerprint density at radius 1 is 1.06 bits per heavy atom. The minimum absolute atomic E-state index is 0.132. The summed E-state index contributed by atoms with van der Waals surface area (Å²) in [5, 5.41) is -0.710. The SMILES string of the molecule is Fc1ccc(F)c(C(Cl)c2ccncc2)c1. The Hall–Kier alpha value is -1.48. The smallest absolute Gasteiger partial charge is 0.128 e. The molecular weight excluding hydrogens is 232 g/mol. The van der Waals surface area contributed by atoms with Crippen LogP contribution in [0.3, 0.4) is 0 Å². The lowest BCUT2D eigenvalue weighted by molar-refractivity contribution is 0.587. The van der Waals surface area contributed by atoms with Crippen molar-refractivity contribution < 1.29 is 8.78 Å². The Labute approximate surface area is 96.7 Å². The lowest BCUT2D eigenvalue weighted by Gasteiger charge is -2.10. The van der Waals surface area contributed by atoms with E-state index in [0.717, 1.165) is 18.2 Å². The molecule has 1 heterocycles. The zero-order valence-electron chi connectivity index (χ0n) is 8.20. The van der Waals surface area contributed by atoms with Crippen molar-refractivity contribution in [1.29, 1.82) is 0 Å². The van der Waals surface area contributed by atoms with Gasteiger partial charge in [-0.3, -0.25) is 4.98 Å². The third-order valence-electron chi connectivity index (χ3n) is 2.23. The molecular formula is C12H8ClF2N. The molecule has 2 aromatic rings. The van der Waals surface area contributed by atoms with Crippen molar-refractivity contribution in [3.8, 4) is 0 Å². The monoisotopic (exact) mass is 239 g/mol. The van der Waals surface area contributed by atoms with Gasteiger partial charge in [0.15, 0.2) is 0 Å². The number of alkyl halides is 1. The number of pyridine rings is 1. The Balaban J connectivity index is 2.41. The largest absolute Gasteiger partial charge is 0.265 e. The Kier molecular flexibility index (Phi) is 3.15. The molecule has 0 saturated heterocycles. The van der Waals surface area contributed by atoms with Crippen molar-refractivity contribution >= 4 is 11.6 Å². The number of rotatable bonds is 2. The fourth-order valence-corrected chi connectivity index (χ4v) is 1.73. The molecule has 16 heavy (non-hydrogen) atoms. The van der Waals surface area contributed by atoms with Crippen LogP contribution in [0.1, 0.15) is 16.5 Å². The molecule has 0 saturated carbocycles. The first-order valence-electron chi connectivity index (χ1n) is 4.67. The van der Waals surface area contributed by atoms with Gasteiger partial charge in [0.2, 0.25) is 0 Å². The van der Waals surface area contributed by atoms with Gasteiger partial charge in [-0.25, -0.2) is 8.78 Å². The summed E-state index contributed by atoms with van der Waals surface area (Å²) in [5.41, 5.74) is 0.814. The Bertz CT molecular complexity index is 488. The fourth-order valence-electron chi connectivity index (χ4n) is 1.42. The maximum Gasteiger partial charge on any atom is 0.128 e. The second-order valence-corrected chi connectivity index (χ2v) is 3.75. The highest BCUT2D eigenvalue weighted by atomic mass is 35.5. The normalized spacial score (nSPS) is 12.4. The summed E-state index contributed by atoms with van der Waals surface area (Å²) in [6.45, 7) is 0. The average Bonchev–Trinajstić information content (AvgIpc) is 2.32. The predicted octanol–water partition coefficient (Wildman–Crippen LogP) is 3.69. The molecule has 0 radical (unpaired) electrons. The molecule has 0 N–H and O–H groups in total. The standard InChI is InChI=1S/C12H8ClF2N/c13-12(8-3-5-16-6-4-8)10-7-9(14)1-2-11(10)15/h1-7,12H. The molecule has 1 aromatic heterocycles. The quantitative estimate of drug-likeness (QED) is 0.729. The zero-order chi connectivity index (χ0) is 11.5. The van der Waals surface area contributed by atoms with Crippen LogP contribution in [0.4, 0.5) is 8.78 Å². The highest BCUT2D eigenvalue weighted by Crippen LogP contribution is 2.30. The molecule has 0 amide bonds. The van der Waals surface area contributed by atoms with Gasteiger partial charge in [0, 0.05) is 18.0 Å². The van der Waals surface area contributed by atoms with Crippen molar-refractivity contribution in [1.82, 2.24) is 4.98 Å². The minimum atomic E-state index is -0.710. The summed E-state index contributed by atoms with van der Waals surface area (Å²) < 4.78 is 26.4. The van der Waals surface area contributed by atoms with Gasteiger partial charge in [0.05, 0.1) is 5.38 Å². The molecule has 1 atom stereocenters. The molecule has 0 bridgehead atoms. The highest BCUT2D eigenvalue weighted by Gasteiger charge is 2.15. The van der Waals surface area contributed by atoms with Crippen molar-refractivity contribution in [2.75, 3.05) is 0 Å². The van der Waals surface area contributed by atoms with Crippen LogP contribution in [0.25, 0.3) is 0 Å². The second kappa shape index (κ2) is 4.58. The summed E-state index contributed by atoms with van der Waals surface area (Å²) in [5.74, 6) is -1.02. The molecule has 2 rings (SSSR count). The second-order valence-electron chi connectivity index (χ2n) is 3.31. The zero-order valence-corrected chi connectivity index (χ0v) is 8.96. The predicted molar refractivity (Wildman–Crippen MR) is 58.3 cm³/mol. The number of nitrogens with zero attached hydrogens (tertiary/aromatic N) is 1. The molecule has 0 aliphatic heterocycles. The molecule has 1 nitrogen and oxygen atoms in total. The van der Waals surface area contributed by atoms with Crippen LogP contribution in [-0.4, -0.2) is 4.98 Å². The van der Waals surface area contributed by atoms with E-state index in [1.165, 1.54) is 0 Å². The van der Waals surface area contributed by atoms with Crippen molar-refractivity contribution in [3.63, 3.8) is 0 Å².